The van der Waals surface area contributed by atoms with E-state index in [1.807, 2.05) is 0 Å². The normalized spacial score (nSPS) is 11.8. The Morgan fingerprint density at radius 2 is 1.86 bits per heavy atom. The molecule has 1 aromatic carbocycles. The summed E-state index contributed by atoms with van der Waals surface area (Å²) in [6, 6.07) is 4.61. The molecule has 0 radical (unpaired) electrons. The fraction of sp³-hybridized carbons (Fsp3) is 0.417. The van der Waals surface area contributed by atoms with E-state index in [1.165, 1.54) is 24.3 Å². The van der Waals surface area contributed by atoms with Gasteiger partial charge in [-0.15, -0.1) is 0 Å². The molecule has 0 atom stereocenters. The number of nitro groups is 1. The van der Waals surface area contributed by atoms with E-state index in [-0.39, 0.29) is 5.69 Å². The average molecular weight is 316 g/mol. The molecule has 8 nitrogen and oxygen atoms in total. The maximum atomic E-state index is 12.2. The Kier molecular flexibility index (Phi) is 5.39. The maximum Gasteiger partial charge on any atom is 0.318 e. The number of hydrogen-bond acceptors (Lipinski definition) is 5. The predicted octanol–water partition coefficient (Wildman–Crippen LogP) is 1.22. The molecule has 0 aromatic heterocycles. The molecule has 116 valence electrons. The van der Waals surface area contributed by atoms with Crippen LogP contribution < -0.4 is 0 Å². The smallest absolute Gasteiger partial charge is 0.318 e. The molecule has 1 rings (SSSR count). The Labute approximate surface area is 122 Å². The van der Waals surface area contributed by atoms with Crippen LogP contribution in [0.1, 0.15) is 19.4 Å². The lowest BCUT2D eigenvalue weighted by atomic mass is 10.2. The molecule has 0 amide bonds. The Morgan fingerprint density at radius 3 is 2.24 bits per heavy atom. The SMILES string of the molecule is CC(C)N(CC(=O)O)S(=O)(=O)Cc1ccc([N+](=O)[O-])cc1. The number of carboxylic acid groups (broad SMARTS) is 1. The highest BCUT2D eigenvalue weighted by molar-refractivity contribution is 7.88. The van der Waals surface area contributed by atoms with E-state index in [4.69, 9.17) is 5.11 Å². The van der Waals surface area contributed by atoms with Crippen molar-refractivity contribution in [2.75, 3.05) is 6.54 Å². The van der Waals surface area contributed by atoms with Crippen LogP contribution >= 0.6 is 0 Å². The van der Waals surface area contributed by atoms with E-state index in [0.717, 1.165) is 4.31 Å². The van der Waals surface area contributed by atoms with Crippen molar-refractivity contribution < 1.29 is 23.2 Å². The number of nitro benzene ring substituents is 1. The third-order valence-corrected chi connectivity index (χ3v) is 4.68. The Bertz CT molecular complexity index is 624. The quantitative estimate of drug-likeness (QED) is 0.597. The maximum absolute atomic E-state index is 12.2. The van der Waals surface area contributed by atoms with Crippen molar-refractivity contribution in [3.05, 3.63) is 39.9 Å². The van der Waals surface area contributed by atoms with Crippen LogP contribution in [0, 0.1) is 10.1 Å². The molecule has 0 saturated carbocycles. The van der Waals surface area contributed by atoms with Crippen molar-refractivity contribution in [1.29, 1.82) is 0 Å². The minimum absolute atomic E-state index is 0.137. The summed E-state index contributed by atoms with van der Waals surface area (Å²) in [5.74, 6) is -1.65. The molecule has 21 heavy (non-hydrogen) atoms. The first-order valence-electron chi connectivity index (χ1n) is 6.08. The van der Waals surface area contributed by atoms with E-state index >= 15 is 0 Å². The van der Waals surface area contributed by atoms with Crippen LogP contribution in [0.3, 0.4) is 0 Å². The number of aliphatic carboxylic acids is 1. The standard InChI is InChI=1S/C12H16N2O6S/c1-9(2)13(7-12(15)16)21(19,20)8-10-3-5-11(6-4-10)14(17)18/h3-6,9H,7-8H2,1-2H3,(H,15,16). The van der Waals surface area contributed by atoms with Gasteiger partial charge in [-0.3, -0.25) is 14.9 Å². The second-order valence-corrected chi connectivity index (χ2v) is 6.63. The molecule has 0 fully saturated rings. The summed E-state index contributed by atoms with van der Waals surface area (Å²) in [4.78, 5) is 20.7. The number of carboxylic acids is 1. The van der Waals surface area contributed by atoms with Crippen LogP contribution in [0.2, 0.25) is 0 Å². The lowest BCUT2D eigenvalue weighted by molar-refractivity contribution is -0.384. The second kappa shape index (κ2) is 6.64. The molecule has 0 aliphatic carbocycles. The zero-order valence-corrected chi connectivity index (χ0v) is 12.4. The Hall–Kier alpha value is -2.00. The molecule has 1 N–H and O–H groups in total. The lowest BCUT2D eigenvalue weighted by Crippen LogP contribution is -2.41. The van der Waals surface area contributed by atoms with Crippen LogP contribution in [-0.2, 0) is 20.6 Å². The summed E-state index contributed by atoms with van der Waals surface area (Å²) < 4.78 is 25.3. The summed E-state index contributed by atoms with van der Waals surface area (Å²) in [6.45, 7) is 2.54. The highest BCUT2D eigenvalue weighted by Gasteiger charge is 2.27. The first-order chi connectivity index (χ1) is 9.63. The van der Waals surface area contributed by atoms with Gasteiger partial charge in [0.05, 0.1) is 10.7 Å². The molecule has 0 heterocycles. The van der Waals surface area contributed by atoms with Crippen LogP contribution in [0.5, 0.6) is 0 Å². The lowest BCUT2D eigenvalue weighted by Gasteiger charge is -2.24. The molecule has 9 heteroatoms. The van der Waals surface area contributed by atoms with Crippen LogP contribution in [0.25, 0.3) is 0 Å². The van der Waals surface area contributed by atoms with Gasteiger partial charge in [0.15, 0.2) is 0 Å². The number of nitrogens with zero attached hydrogens (tertiary/aromatic N) is 2. The van der Waals surface area contributed by atoms with Crippen molar-refractivity contribution in [2.24, 2.45) is 0 Å². The summed E-state index contributed by atoms with van der Waals surface area (Å²) in [5.41, 5.74) is 0.221. The number of sulfonamides is 1. The van der Waals surface area contributed by atoms with Crippen molar-refractivity contribution >= 4 is 21.7 Å². The molecular weight excluding hydrogens is 300 g/mol. The number of benzene rings is 1. The fourth-order valence-electron chi connectivity index (χ4n) is 1.74. The van der Waals surface area contributed by atoms with Gasteiger partial charge >= 0.3 is 5.97 Å². The van der Waals surface area contributed by atoms with Gasteiger partial charge in [-0.25, -0.2) is 8.42 Å². The number of non-ortho nitro benzene ring substituents is 1. The number of hydrogen-bond donors (Lipinski definition) is 1. The minimum Gasteiger partial charge on any atom is -0.480 e. The summed E-state index contributed by atoms with van der Waals surface area (Å²) in [7, 11) is -3.82. The van der Waals surface area contributed by atoms with Crippen molar-refractivity contribution in [3.8, 4) is 0 Å². The van der Waals surface area contributed by atoms with Crippen molar-refractivity contribution in [3.63, 3.8) is 0 Å². The molecular formula is C12H16N2O6S. The van der Waals surface area contributed by atoms with E-state index in [2.05, 4.69) is 0 Å². The first-order valence-corrected chi connectivity index (χ1v) is 7.69. The Morgan fingerprint density at radius 1 is 1.33 bits per heavy atom. The van der Waals surface area contributed by atoms with Gasteiger partial charge in [0.25, 0.3) is 5.69 Å². The van der Waals surface area contributed by atoms with E-state index < -0.39 is 39.3 Å². The van der Waals surface area contributed by atoms with Gasteiger partial charge in [-0.1, -0.05) is 12.1 Å². The monoisotopic (exact) mass is 316 g/mol. The summed E-state index contributed by atoms with van der Waals surface area (Å²) in [6.07, 6.45) is 0. The predicted molar refractivity (Wildman–Crippen MR) is 75.2 cm³/mol. The highest BCUT2D eigenvalue weighted by atomic mass is 32.2. The molecule has 0 aliphatic rings. The minimum atomic E-state index is -3.82. The van der Waals surface area contributed by atoms with E-state index in [0.29, 0.717) is 5.56 Å². The number of carbonyl (C=O) groups is 1. The zero-order valence-electron chi connectivity index (χ0n) is 11.6. The van der Waals surface area contributed by atoms with Crippen LogP contribution in [-0.4, -0.2) is 41.3 Å². The number of rotatable bonds is 7. The summed E-state index contributed by atoms with van der Waals surface area (Å²) >= 11 is 0. The van der Waals surface area contributed by atoms with E-state index in [1.54, 1.807) is 13.8 Å². The molecule has 1 aromatic rings. The molecule has 0 saturated heterocycles. The van der Waals surface area contributed by atoms with Gasteiger partial charge in [0.1, 0.15) is 6.54 Å². The Balaban J connectivity index is 2.97. The van der Waals surface area contributed by atoms with Gasteiger partial charge in [0, 0.05) is 18.2 Å². The van der Waals surface area contributed by atoms with Crippen molar-refractivity contribution in [1.82, 2.24) is 4.31 Å². The van der Waals surface area contributed by atoms with Gasteiger partial charge in [0.2, 0.25) is 10.0 Å². The van der Waals surface area contributed by atoms with Crippen LogP contribution in [0.15, 0.2) is 24.3 Å². The third-order valence-electron chi connectivity index (χ3n) is 2.72. The van der Waals surface area contributed by atoms with Crippen LogP contribution in [0.4, 0.5) is 5.69 Å². The average Bonchev–Trinajstić information content (AvgIpc) is 2.35. The zero-order chi connectivity index (χ0) is 16.2. The fourth-order valence-corrected chi connectivity index (χ4v) is 3.47. The largest absolute Gasteiger partial charge is 0.480 e. The van der Waals surface area contributed by atoms with E-state index in [9.17, 15) is 23.3 Å². The molecule has 0 spiro atoms. The first kappa shape index (κ1) is 17.1. The molecule has 0 unspecified atom stereocenters. The third kappa shape index (κ3) is 4.80. The highest BCUT2D eigenvalue weighted by Crippen LogP contribution is 2.17. The molecule has 0 aliphatic heterocycles. The van der Waals surface area contributed by atoms with Gasteiger partial charge in [-0.2, -0.15) is 4.31 Å². The van der Waals surface area contributed by atoms with Crippen molar-refractivity contribution in [2.45, 2.75) is 25.6 Å². The van der Waals surface area contributed by atoms with Gasteiger partial charge < -0.3 is 5.11 Å². The van der Waals surface area contributed by atoms with Gasteiger partial charge in [-0.05, 0) is 19.4 Å². The summed E-state index contributed by atoms with van der Waals surface area (Å²) in [5, 5.41) is 19.3. The second-order valence-electron chi connectivity index (χ2n) is 4.71. The topological polar surface area (TPSA) is 118 Å². The molecule has 0 bridgehead atoms.